The van der Waals surface area contributed by atoms with Gasteiger partial charge in [-0.25, -0.2) is 0 Å². The number of hydrogen-bond donors (Lipinski definition) is 2. The van der Waals surface area contributed by atoms with Crippen molar-refractivity contribution >= 4 is 24.3 Å². The summed E-state index contributed by atoms with van der Waals surface area (Å²) in [6, 6.07) is 19.6. The van der Waals surface area contributed by atoms with E-state index in [0.29, 0.717) is 11.5 Å². The molecular formula is C34H42O2. The first-order valence-corrected chi connectivity index (χ1v) is 13.7. The van der Waals surface area contributed by atoms with Crippen LogP contribution in [0.25, 0.3) is 24.3 Å². The maximum atomic E-state index is 9.62. The molecule has 2 nitrogen and oxygen atoms in total. The number of benzene rings is 3. The van der Waals surface area contributed by atoms with Crippen LogP contribution >= 0.6 is 0 Å². The minimum Gasteiger partial charge on any atom is -0.508 e. The average Bonchev–Trinajstić information content (AvgIpc) is 2.89. The normalized spacial score (nSPS) is 11.6. The number of phenolic OH excluding ortho intramolecular Hbond substituents is 2. The lowest BCUT2D eigenvalue weighted by Crippen LogP contribution is -1.98. The van der Waals surface area contributed by atoms with Crippen molar-refractivity contribution in [1.82, 2.24) is 0 Å². The van der Waals surface area contributed by atoms with Crippen LogP contribution in [0.1, 0.15) is 98.6 Å². The first kappa shape index (κ1) is 27.3. The first-order valence-electron chi connectivity index (χ1n) is 13.7. The molecule has 36 heavy (non-hydrogen) atoms. The molecule has 0 aliphatic rings. The van der Waals surface area contributed by atoms with Crippen LogP contribution in [0, 0.1) is 0 Å². The highest BCUT2D eigenvalue weighted by Gasteiger charge is 2.08. The van der Waals surface area contributed by atoms with Crippen LogP contribution in [0.5, 0.6) is 11.5 Å². The molecule has 0 spiro atoms. The van der Waals surface area contributed by atoms with Gasteiger partial charge in [-0.05, 0) is 83.3 Å². The van der Waals surface area contributed by atoms with Gasteiger partial charge in [0.15, 0.2) is 0 Å². The molecular weight excluding hydrogens is 440 g/mol. The molecule has 0 saturated heterocycles. The lowest BCUT2D eigenvalue weighted by molar-refractivity contribution is 0.474. The summed E-state index contributed by atoms with van der Waals surface area (Å²) in [7, 11) is 0. The lowest BCUT2D eigenvalue weighted by Gasteiger charge is -2.14. The third-order valence-corrected chi connectivity index (χ3v) is 6.70. The van der Waals surface area contributed by atoms with Crippen molar-refractivity contribution in [2.45, 2.75) is 78.1 Å². The highest BCUT2D eigenvalue weighted by Crippen LogP contribution is 2.26. The van der Waals surface area contributed by atoms with E-state index >= 15 is 0 Å². The molecule has 0 aromatic heterocycles. The summed E-state index contributed by atoms with van der Waals surface area (Å²) in [5.41, 5.74) is 7.56. The van der Waals surface area contributed by atoms with E-state index in [9.17, 15) is 10.2 Å². The highest BCUT2D eigenvalue weighted by atomic mass is 16.3. The summed E-state index contributed by atoms with van der Waals surface area (Å²) in [6.45, 7) is 4.51. The topological polar surface area (TPSA) is 40.5 Å². The van der Waals surface area contributed by atoms with Gasteiger partial charge in [0.2, 0.25) is 0 Å². The smallest absolute Gasteiger partial charge is 0.115 e. The molecule has 0 aliphatic carbocycles. The summed E-state index contributed by atoms with van der Waals surface area (Å²) in [5.74, 6) is 0.589. The second kappa shape index (κ2) is 15.0. The summed E-state index contributed by atoms with van der Waals surface area (Å²) < 4.78 is 0. The zero-order chi connectivity index (χ0) is 25.6. The number of hydrogen-bond acceptors (Lipinski definition) is 2. The fraction of sp³-hybridized carbons (Fsp3) is 0.353. The van der Waals surface area contributed by atoms with Gasteiger partial charge in [-0.15, -0.1) is 0 Å². The Balaban J connectivity index is 1.94. The summed E-state index contributed by atoms with van der Waals surface area (Å²) in [4.78, 5) is 0. The van der Waals surface area contributed by atoms with Crippen LogP contribution < -0.4 is 0 Å². The molecule has 0 fully saturated rings. The molecule has 190 valence electrons. The van der Waals surface area contributed by atoms with E-state index in [1.165, 1.54) is 73.6 Å². The second-order valence-electron chi connectivity index (χ2n) is 9.72. The molecule has 0 bridgehead atoms. The van der Waals surface area contributed by atoms with Crippen LogP contribution in [0.15, 0.2) is 60.7 Å². The van der Waals surface area contributed by atoms with Gasteiger partial charge in [-0.2, -0.15) is 0 Å². The summed E-state index contributed by atoms with van der Waals surface area (Å²) in [6.07, 6.45) is 20.9. The molecule has 0 radical (unpaired) electrons. The number of phenols is 2. The van der Waals surface area contributed by atoms with Crippen molar-refractivity contribution in [2.75, 3.05) is 0 Å². The van der Waals surface area contributed by atoms with E-state index in [1.807, 2.05) is 24.3 Å². The first-order chi connectivity index (χ1) is 17.6. The average molecular weight is 483 g/mol. The van der Waals surface area contributed by atoms with Crippen LogP contribution in [0.4, 0.5) is 0 Å². The molecule has 0 atom stereocenters. The van der Waals surface area contributed by atoms with Gasteiger partial charge in [-0.1, -0.05) is 113 Å². The molecule has 0 aliphatic heterocycles. The van der Waals surface area contributed by atoms with Crippen LogP contribution in [0.3, 0.4) is 0 Å². The van der Waals surface area contributed by atoms with Gasteiger partial charge in [0.05, 0.1) is 0 Å². The highest BCUT2D eigenvalue weighted by molar-refractivity contribution is 5.76. The Bertz CT molecular complexity index is 1010. The fourth-order valence-corrected chi connectivity index (χ4v) is 4.50. The minimum absolute atomic E-state index is 0.294. The van der Waals surface area contributed by atoms with Gasteiger partial charge in [0, 0.05) is 0 Å². The molecule has 2 heteroatoms. The van der Waals surface area contributed by atoms with Crippen molar-refractivity contribution < 1.29 is 10.2 Å². The number of unbranched alkanes of at least 4 members (excludes halogenated alkanes) is 6. The Morgan fingerprint density at radius 2 is 0.889 bits per heavy atom. The van der Waals surface area contributed by atoms with Gasteiger partial charge in [0.1, 0.15) is 11.5 Å². The maximum Gasteiger partial charge on any atom is 0.115 e. The maximum absolute atomic E-state index is 9.62. The van der Waals surface area contributed by atoms with Gasteiger partial charge in [-0.3, -0.25) is 0 Å². The Hall–Kier alpha value is -3.26. The van der Waals surface area contributed by atoms with E-state index < -0.39 is 0 Å². The monoisotopic (exact) mass is 482 g/mol. The summed E-state index contributed by atoms with van der Waals surface area (Å²) in [5, 5.41) is 19.2. The molecule has 0 amide bonds. The quantitative estimate of drug-likeness (QED) is 0.177. The van der Waals surface area contributed by atoms with Gasteiger partial charge in [0.25, 0.3) is 0 Å². The molecule has 3 rings (SSSR count). The van der Waals surface area contributed by atoms with Crippen molar-refractivity contribution in [1.29, 1.82) is 0 Å². The van der Waals surface area contributed by atoms with Gasteiger partial charge >= 0.3 is 0 Å². The Kier molecular flexibility index (Phi) is 11.4. The Morgan fingerprint density at radius 3 is 1.25 bits per heavy atom. The molecule has 0 saturated carbocycles. The van der Waals surface area contributed by atoms with Crippen molar-refractivity contribution in [2.24, 2.45) is 0 Å². The van der Waals surface area contributed by atoms with E-state index in [2.05, 4.69) is 50.3 Å². The van der Waals surface area contributed by atoms with E-state index in [-0.39, 0.29) is 0 Å². The van der Waals surface area contributed by atoms with Crippen LogP contribution in [0.2, 0.25) is 0 Å². The zero-order valence-corrected chi connectivity index (χ0v) is 22.0. The third-order valence-electron chi connectivity index (χ3n) is 6.70. The Labute approximate surface area is 218 Å². The van der Waals surface area contributed by atoms with Crippen molar-refractivity contribution in [3.05, 3.63) is 94.0 Å². The SMILES string of the molecule is CCCCCCc1cc(/C=C/c2ccc(O)cc2)c(CCCCCC)cc1/C=C/c1ccc(O)cc1. The van der Waals surface area contributed by atoms with E-state index in [1.54, 1.807) is 24.3 Å². The molecule has 3 aromatic carbocycles. The van der Waals surface area contributed by atoms with Gasteiger partial charge < -0.3 is 10.2 Å². The van der Waals surface area contributed by atoms with Crippen molar-refractivity contribution in [3.63, 3.8) is 0 Å². The molecule has 3 aromatic rings. The van der Waals surface area contributed by atoms with Crippen molar-refractivity contribution in [3.8, 4) is 11.5 Å². The Morgan fingerprint density at radius 1 is 0.500 bits per heavy atom. The van der Waals surface area contributed by atoms with E-state index in [4.69, 9.17) is 0 Å². The largest absolute Gasteiger partial charge is 0.508 e. The third kappa shape index (κ3) is 9.07. The predicted molar refractivity (Wildman–Crippen MR) is 156 cm³/mol. The fourth-order valence-electron chi connectivity index (χ4n) is 4.50. The standard InChI is InChI=1S/C34H42O2/c1-3-5-7-9-11-29-25-32(20-14-28-17-23-34(36)24-18-28)30(12-10-8-6-4-2)26-31(29)19-13-27-15-21-33(35)22-16-27/h13-26,35-36H,3-12H2,1-2H3/b19-13+,20-14+. The molecule has 0 heterocycles. The van der Waals surface area contributed by atoms with E-state index in [0.717, 1.165) is 24.0 Å². The van der Waals surface area contributed by atoms with Crippen LogP contribution in [-0.4, -0.2) is 10.2 Å². The van der Waals surface area contributed by atoms with Crippen LogP contribution in [-0.2, 0) is 12.8 Å². The number of rotatable bonds is 14. The second-order valence-corrected chi connectivity index (χ2v) is 9.72. The number of aryl methyl sites for hydroxylation is 2. The lowest BCUT2D eigenvalue weighted by atomic mass is 9.91. The predicted octanol–water partition coefficient (Wildman–Crippen LogP) is 9.68. The zero-order valence-electron chi connectivity index (χ0n) is 22.0. The summed E-state index contributed by atoms with van der Waals surface area (Å²) >= 11 is 0. The minimum atomic E-state index is 0.294. The molecule has 0 unspecified atom stereocenters. The molecule has 2 N–H and O–H groups in total. The number of aromatic hydroxyl groups is 2.